The topological polar surface area (TPSA) is 161 Å². The number of imidazole rings is 1. The van der Waals surface area contributed by atoms with Crippen LogP contribution in [0.5, 0.6) is 0 Å². The Balaban J connectivity index is -0.0000000294. The van der Waals surface area contributed by atoms with Gasteiger partial charge >= 0.3 is 0 Å². The summed E-state index contributed by atoms with van der Waals surface area (Å²) < 4.78 is 17.6. The van der Waals surface area contributed by atoms with Gasteiger partial charge in [-0.2, -0.15) is 5.10 Å². The summed E-state index contributed by atoms with van der Waals surface area (Å²) in [7, 11) is 0. The summed E-state index contributed by atoms with van der Waals surface area (Å²) in [5.41, 5.74) is 4.97. The molecule has 7 heterocycles. The third-order valence-electron chi connectivity index (χ3n) is 4.09. The van der Waals surface area contributed by atoms with E-state index in [2.05, 4.69) is 53.9 Å². The molecular weight excluding hydrogens is 1020 g/mol. The molecule has 0 aliphatic carbocycles. The molecule has 7 rings (SSSR count). The van der Waals surface area contributed by atoms with E-state index in [1.54, 1.807) is 80.2 Å². The molecule has 21 heteroatoms. The molecule has 0 saturated carbocycles. The summed E-state index contributed by atoms with van der Waals surface area (Å²) in [5.74, 6) is 1.57. The first-order chi connectivity index (χ1) is 20.3. The molecule has 0 fully saturated rings. The van der Waals surface area contributed by atoms with Crippen molar-refractivity contribution in [3.8, 4) is 0 Å². The van der Waals surface area contributed by atoms with Crippen LogP contribution < -0.4 is 0 Å². The Morgan fingerprint density at radius 2 is 1.23 bits per heavy atom. The zero-order valence-corrected chi connectivity index (χ0v) is 46.3. The van der Waals surface area contributed by atoms with E-state index in [1.165, 1.54) is 21.3 Å². The summed E-state index contributed by atoms with van der Waals surface area (Å²) in [4.78, 5) is 16.8. The number of oxazole rings is 1. The largest absolute Gasteiger partial charge is 0.449 e. The van der Waals surface area contributed by atoms with Gasteiger partial charge in [0.25, 0.3) is 0 Å². The molecule has 315 valence electrons. The van der Waals surface area contributed by atoms with Gasteiger partial charge in [-0.05, 0) is 65.2 Å². The van der Waals surface area contributed by atoms with Crippen molar-refractivity contribution in [1.29, 1.82) is 0 Å². The molecule has 0 bridgehead atoms. The van der Waals surface area contributed by atoms with E-state index in [0.29, 0.717) is 0 Å². The molecule has 12 nitrogen and oxygen atoms in total. The molecule has 0 aliphatic rings. The Bertz CT molecular complexity index is 1130. The first kappa shape index (κ1) is 95.7. The molecule has 0 aliphatic heterocycles. The number of thiazole rings is 1. The van der Waals surface area contributed by atoms with Crippen molar-refractivity contribution >= 4 is 22.9 Å². The Kier molecular flexibility index (Phi) is 113. The SMILES string of the molecule is Cc1ccn[nH]1.Cc1ccno1.Cc1ccns1.Cc1ccon1.Cc1cnc[nH]1.Cc1cncs1.Cc1ncco1.[CH3-].[CH3-].[CH3-].[CH3-].[CH3-].[CH3-].[CH3-].[V].[V].[V].[V].[V].[V].[V]. The zero-order chi connectivity index (χ0) is 30.8. The van der Waals surface area contributed by atoms with Crippen LogP contribution in [0.3, 0.4) is 0 Å². The van der Waals surface area contributed by atoms with Gasteiger partial charge in [0.15, 0.2) is 5.89 Å². The average Bonchev–Trinajstić information content (AvgIpc) is 3.79. The Morgan fingerprint density at radius 3 is 1.36 bits per heavy atom. The molecule has 0 atom stereocenters. The van der Waals surface area contributed by atoms with Crippen molar-refractivity contribution in [2.24, 2.45) is 0 Å². The molecule has 0 saturated heterocycles. The average molecular weight is 1070 g/mol. The fourth-order valence-electron chi connectivity index (χ4n) is 2.06. The molecule has 0 spiro atoms. The van der Waals surface area contributed by atoms with Crippen LogP contribution in [-0.2, 0) is 130 Å². The summed E-state index contributed by atoms with van der Waals surface area (Å²) in [6, 6.07) is 7.52. The van der Waals surface area contributed by atoms with Gasteiger partial charge in [-0.3, -0.25) is 10.1 Å². The summed E-state index contributed by atoms with van der Waals surface area (Å²) in [6.45, 7) is 13.5. The molecule has 0 unspecified atom stereocenters. The first-order valence-electron chi connectivity index (χ1n) is 12.5. The maximum Gasteiger partial charge on any atom is 0.190 e. The van der Waals surface area contributed by atoms with Gasteiger partial charge in [0.05, 0.1) is 29.9 Å². The predicted molar refractivity (Wildman–Crippen MR) is 209 cm³/mol. The van der Waals surface area contributed by atoms with Crippen molar-refractivity contribution in [3.63, 3.8) is 0 Å². The second-order valence-electron chi connectivity index (χ2n) is 8.02. The summed E-state index contributed by atoms with van der Waals surface area (Å²) >= 11 is 3.19. The van der Waals surface area contributed by atoms with Gasteiger partial charge in [0.2, 0.25) is 0 Å². The maximum atomic E-state index is 4.72. The Labute approximate surface area is 431 Å². The van der Waals surface area contributed by atoms with Crippen molar-refractivity contribution in [3.05, 3.63) is 176 Å². The molecule has 7 aromatic rings. The number of rotatable bonds is 0. The molecule has 0 amide bonds. The van der Waals surface area contributed by atoms with Crippen molar-refractivity contribution in [2.75, 3.05) is 0 Å². The van der Waals surface area contributed by atoms with Gasteiger partial charge in [0.1, 0.15) is 18.3 Å². The van der Waals surface area contributed by atoms with E-state index < -0.39 is 0 Å². The van der Waals surface area contributed by atoms with Crippen LogP contribution in [-0.4, -0.2) is 44.8 Å². The standard InChI is InChI=1S/2C4H6N2.3C4H5NO.2C4H5NS.7CH3.7V/c1-4-2-5-3-6-4;1-4-2-3-5-6-4;1-4-5-2-3-6-4;1-4-2-3-6-5-4;1-4-2-3-5-6-4;1-4-2-5-3-6-4;1-4-2-3-5-6-4;;;;;;;;;;;;;;/h2*2-3H,1H3,(H,5,6);5*2-3H,1H3;7*1H3;;;;;;;/q;;;;;;;7*-1;;;;;;;. The number of nitrogens with zero attached hydrogens (tertiary/aromatic N) is 7. The summed E-state index contributed by atoms with van der Waals surface area (Å²) in [6.07, 6.45) is 15.2. The summed E-state index contributed by atoms with van der Waals surface area (Å²) in [5, 5.41) is 13.4. The number of nitrogens with one attached hydrogen (secondary N) is 2. The van der Waals surface area contributed by atoms with Crippen LogP contribution in [0.1, 0.15) is 38.5 Å². The molecule has 7 aromatic heterocycles. The number of H-pyrrole nitrogens is 2. The first-order valence-corrected chi connectivity index (χ1v) is 14.1. The number of aryl methyl sites for hydroxylation is 7. The third-order valence-corrected chi connectivity index (χ3v) is 5.44. The van der Waals surface area contributed by atoms with Crippen LogP contribution in [0.25, 0.3) is 0 Å². The minimum Gasteiger partial charge on any atom is -0.449 e. The van der Waals surface area contributed by atoms with Crippen molar-refractivity contribution in [2.45, 2.75) is 48.5 Å². The van der Waals surface area contributed by atoms with Crippen molar-refractivity contribution < 1.29 is 143 Å². The minimum absolute atomic E-state index is 0. The van der Waals surface area contributed by atoms with E-state index in [9.17, 15) is 0 Å². The molecule has 0 aromatic carbocycles. The van der Waals surface area contributed by atoms with E-state index >= 15 is 0 Å². The Morgan fingerprint density at radius 1 is 0.607 bits per heavy atom. The normalized spacial score (nSPS) is 6.62. The van der Waals surface area contributed by atoms with E-state index in [-0.39, 0.29) is 182 Å². The van der Waals surface area contributed by atoms with E-state index in [4.69, 9.17) is 4.42 Å². The van der Waals surface area contributed by atoms with E-state index in [1.807, 2.05) is 65.4 Å². The predicted octanol–water partition coefficient (Wildman–Crippen LogP) is 10.4. The van der Waals surface area contributed by atoms with Crippen LogP contribution in [0.4, 0.5) is 0 Å². The molecule has 7 radical (unpaired) electrons. The second kappa shape index (κ2) is 66.2. The van der Waals surface area contributed by atoms with Gasteiger partial charge < -0.3 is 70.4 Å². The molecular formula is C35H58N9O3S2V7-7. The minimum atomic E-state index is 0. The van der Waals surface area contributed by atoms with Gasteiger partial charge in [-0.1, -0.05) is 10.3 Å². The third kappa shape index (κ3) is 62.6. The molecule has 56 heavy (non-hydrogen) atoms. The quantitative estimate of drug-likeness (QED) is 0.140. The van der Waals surface area contributed by atoms with Gasteiger partial charge in [0, 0.05) is 195 Å². The van der Waals surface area contributed by atoms with Gasteiger partial charge in [-0.15, -0.1) is 11.3 Å². The number of hydrogen-bond donors (Lipinski definition) is 2. The van der Waals surface area contributed by atoms with Crippen molar-refractivity contribution in [1.82, 2.24) is 44.8 Å². The second-order valence-corrected chi connectivity index (χ2v) is 10.2. The Hall–Kier alpha value is -0.599. The maximum absolute atomic E-state index is 4.72. The van der Waals surface area contributed by atoms with Gasteiger partial charge in [-0.25, -0.2) is 14.3 Å². The van der Waals surface area contributed by atoms with Crippen LogP contribution in [0.2, 0.25) is 0 Å². The van der Waals surface area contributed by atoms with E-state index in [0.717, 1.165) is 28.7 Å². The zero-order valence-electron chi connectivity index (χ0n) is 34.9. The number of hydrogen-bond acceptors (Lipinski definition) is 12. The fourth-order valence-corrected chi connectivity index (χ4v) is 2.88. The van der Waals surface area contributed by atoms with Crippen LogP contribution >= 0.6 is 22.9 Å². The monoisotopic (exact) mass is 1070 g/mol. The van der Waals surface area contributed by atoms with Crippen LogP contribution in [0, 0.1) is 100 Å². The fraction of sp³-hybridized carbons (Fsp3) is 0.200. The smallest absolute Gasteiger partial charge is 0.190 e. The number of aromatic nitrogens is 9. The van der Waals surface area contributed by atoms with Crippen LogP contribution in [0.15, 0.2) is 99.3 Å². The number of aromatic amines is 2. The molecule has 2 N–H and O–H groups in total.